The number of aryl methyl sites for hydroxylation is 1. The van der Waals surface area contributed by atoms with Crippen molar-refractivity contribution >= 4 is 12.0 Å². The topological polar surface area (TPSA) is 47.6 Å². The van der Waals surface area contributed by atoms with E-state index in [9.17, 15) is 4.79 Å². The van der Waals surface area contributed by atoms with Crippen molar-refractivity contribution in [2.75, 3.05) is 7.11 Å². The van der Waals surface area contributed by atoms with Gasteiger partial charge in [0.25, 0.3) is 0 Å². The van der Waals surface area contributed by atoms with Crippen LogP contribution in [0.15, 0.2) is 48.5 Å². The number of carbonyl (C=O) groups is 1. The van der Waals surface area contributed by atoms with Crippen molar-refractivity contribution in [1.29, 1.82) is 0 Å². The average Bonchev–Trinajstić information content (AvgIpc) is 3.00. The third-order valence-electron chi connectivity index (χ3n) is 5.46. The molecule has 1 N–H and O–H groups in total. The highest BCUT2D eigenvalue weighted by Crippen LogP contribution is 2.29. The second kappa shape index (κ2) is 10.7. The van der Waals surface area contributed by atoms with Gasteiger partial charge in [-0.25, -0.2) is 0 Å². The Kier molecular flexibility index (Phi) is 7.74. The Hall–Kier alpha value is -2.75. The lowest BCUT2D eigenvalue weighted by atomic mass is 10.1. The van der Waals surface area contributed by atoms with Crippen LogP contribution < -0.4 is 14.8 Å². The third kappa shape index (κ3) is 6.38. The summed E-state index contributed by atoms with van der Waals surface area (Å²) in [6, 6.07) is 14.2. The average molecular weight is 394 g/mol. The quantitative estimate of drug-likeness (QED) is 0.504. The van der Waals surface area contributed by atoms with Crippen LogP contribution in [0.1, 0.15) is 55.2 Å². The SMILES string of the molecule is COc1cc(/C=C/C(=O)NC2CCCCCC2)ccc1OCc1ccccc1C. The maximum atomic E-state index is 12.3. The van der Waals surface area contributed by atoms with Crippen LogP contribution in [0, 0.1) is 6.92 Å². The van der Waals surface area contributed by atoms with E-state index in [4.69, 9.17) is 9.47 Å². The Morgan fingerprint density at radius 1 is 1.07 bits per heavy atom. The van der Waals surface area contributed by atoms with Crippen LogP contribution in [-0.2, 0) is 11.4 Å². The van der Waals surface area contributed by atoms with Crippen LogP contribution in [0.25, 0.3) is 6.08 Å². The Balaban J connectivity index is 1.59. The molecule has 1 fully saturated rings. The molecule has 2 aromatic rings. The van der Waals surface area contributed by atoms with Crippen LogP contribution in [0.5, 0.6) is 11.5 Å². The zero-order valence-corrected chi connectivity index (χ0v) is 17.4. The first kappa shape index (κ1) is 21.0. The van der Waals surface area contributed by atoms with Crippen LogP contribution in [0.3, 0.4) is 0 Å². The predicted molar refractivity (Wildman–Crippen MR) is 117 cm³/mol. The number of nitrogens with one attached hydrogen (secondary N) is 1. The van der Waals surface area contributed by atoms with Crippen LogP contribution in [0.4, 0.5) is 0 Å². The zero-order chi connectivity index (χ0) is 20.5. The molecule has 0 radical (unpaired) electrons. The molecule has 0 saturated heterocycles. The molecule has 0 unspecified atom stereocenters. The van der Waals surface area contributed by atoms with Gasteiger partial charge in [0, 0.05) is 12.1 Å². The van der Waals surface area contributed by atoms with Gasteiger partial charge in [0.05, 0.1) is 7.11 Å². The normalized spacial score (nSPS) is 15.1. The molecule has 0 atom stereocenters. The number of rotatable bonds is 7. The van der Waals surface area contributed by atoms with E-state index in [2.05, 4.69) is 24.4 Å². The minimum atomic E-state index is -0.0317. The molecule has 154 valence electrons. The van der Waals surface area contributed by atoms with Gasteiger partial charge >= 0.3 is 0 Å². The monoisotopic (exact) mass is 393 g/mol. The first-order valence-electron chi connectivity index (χ1n) is 10.5. The summed E-state index contributed by atoms with van der Waals surface area (Å²) >= 11 is 0. The van der Waals surface area contributed by atoms with Gasteiger partial charge in [-0.2, -0.15) is 0 Å². The largest absolute Gasteiger partial charge is 0.493 e. The molecule has 4 nitrogen and oxygen atoms in total. The maximum Gasteiger partial charge on any atom is 0.244 e. The summed E-state index contributed by atoms with van der Waals surface area (Å²) in [6.07, 6.45) is 10.6. The van der Waals surface area contributed by atoms with Crippen molar-refractivity contribution in [2.45, 2.75) is 58.1 Å². The second-order valence-corrected chi connectivity index (χ2v) is 7.66. The Labute approximate surface area is 173 Å². The fraction of sp³-hybridized carbons (Fsp3) is 0.400. The van der Waals surface area contributed by atoms with Gasteiger partial charge < -0.3 is 14.8 Å². The molecule has 1 aliphatic carbocycles. The fourth-order valence-electron chi connectivity index (χ4n) is 3.68. The van der Waals surface area contributed by atoms with Crippen LogP contribution >= 0.6 is 0 Å². The Morgan fingerprint density at radius 2 is 1.83 bits per heavy atom. The highest BCUT2D eigenvalue weighted by Gasteiger charge is 2.13. The van der Waals surface area contributed by atoms with Crippen LogP contribution in [0.2, 0.25) is 0 Å². The zero-order valence-electron chi connectivity index (χ0n) is 17.4. The van der Waals surface area contributed by atoms with Crippen molar-refractivity contribution in [3.8, 4) is 11.5 Å². The van der Waals surface area contributed by atoms with E-state index in [0.717, 1.165) is 24.0 Å². The first-order chi connectivity index (χ1) is 14.2. The molecule has 2 aromatic carbocycles. The van der Waals surface area contributed by atoms with E-state index in [1.54, 1.807) is 13.2 Å². The predicted octanol–water partition coefficient (Wildman–Crippen LogP) is 5.43. The van der Waals surface area contributed by atoms with Gasteiger partial charge in [0.15, 0.2) is 11.5 Å². The summed E-state index contributed by atoms with van der Waals surface area (Å²) in [5.74, 6) is 1.32. The molecule has 0 aliphatic heterocycles. The van der Waals surface area contributed by atoms with Gasteiger partial charge in [0.2, 0.25) is 5.91 Å². The summed E-state index contributed by atoms with van der Waals surface area (Å²) < 4.78 is 11.4. The van der Waals surface area contributed by atoms with Gasteiger partial charge in [-0.05, 0) is 54.7 Å². The Morgan fingerprint density at radius 3 is 2.55 bits per heavy atom. The molecule has 29 heavy (non-hydrogen) atoms. The maximum absolute atomic E-state index is 12.3. The van der Waals surface area contributed by atoms with Crippen molar-refractivity contribution in [3.05, 3.63) is 65.2 Å². The van der Waals surface area contributed by atoms with Crippen molar-refractivity contribution < 1.29 is 14.3 Å². The van der Waals surface area contributed by atoms with E-state index in [0.29, 0.717) is 24.1 Å². The van der Waals surface area contributed by atoms with E-state index in [1.165, 1.54) is 31.2 Å². The first-order valence-corrected chi connectivity index (χ1v) is 10.5. The number of hydrogen-bond donors (Lipinski definition) is 1. The molecule has 1 amide bonds. The summed E-state index contributed by atoms with van der Waals surface area (Å²) in [7, 11) is 1.63. The van der Waals surface area contributed by atoms with Crippen LogP contribution in [-0.4, -0.2) is 19.1 Å². The van der Waals surface area contributed by atoms with Crippen molar-refractivity contribution in [2.24, 2.45) is 0 Å². The summed E-state index contributed by atoms with van der Waals surface area (Å²) in [5.41, 5.74) is 3.25. The van der Waals surface area contributed by atoms with Gasteiger partial charge in [-0.3, -0.25) is 4.79 Å². The molecule has 0 aromatic heterocycles. The van der Waals surface area contributed by atoms with Gasteiger partial charge in [-0.15, -0.1) is 0 Å². The van der Waals surface area contributed by atoms with E-state index in [-0.39, 0.29) is 5.91 Å². The number of hydrogen-bond acceptors (Lipinski definition) is 3. The fourth-order valence-corrected chi connectivity index (χ4v) is 3.68. The van der Waals surface area contributed by atoms with E-state index < -0.39 is 0 Å². The number of benzene rings is 2. The van der Waals surface area contributed by atoms with Crippen molar-refractivity contribution in [3.63, 3.8) is 0 Å². The lowest BCUT2D eigenvalue weighted by Crippen LogP contribution is -2.33. The number of carbonyl (C=O) groups excluding carboxylic acids is 1. The van der Waals surface area contributed by atoms with Gasteiger partial charge in [-0.1, -0.05) is 56.0 Å². The highest BCUT2D eigenvalue weighted by molar-refractivity contribution is 5.92. The van der Waals surface area contributed by atoms with E-state index in [1.807, 2.05) is 36.4 Å². The number of methoxy groups -OCH3 is 1. The number of amides is 1. The summed E-state index contributed by atoms with van der Waals surface area (Å²) in [5, 5.41) is 3.13. The highest BCUT2D eigenvalue weighted by atomic mass is 16.5. The molecule has 0 bridgehead atoms. The molecule has 3 rings (SSSR count). The summed E-state index contributed by atoms with van der Waals surface area (Å²) in [6.45, 7) is 2.56. The molecular formula is C25H31NO3. The van der Waals surface area contributed by atoms with Crippen molar-refractivity contribution in [1.82, 2.24) is 5.32 Å². The lowest BCUT2D eigenvalue weighted by Gasteiger charge is -2.14. The van der Waals surface area contributed by atoms with E-state index >= 15 is 0 Å². The number of ether oxygens (including phenoxy) is 2. The standard InChI is InChI=1S/C25H31NO3/c1-19-9-7-8-10-21(19)18-29-23-15-13-20(17-24(23)28-2)14-16-25(27)26-22-11-5-3-4-6-12-22/h7-10,13-17,22H,3-6,11-12,18H2,1-2H3,(H,26,27)/b16-14+. The Bertz CT molecular complexity index is 836. The van der Waals surface area contributed by atoms with Gasteiger partial charge in [0.1, 0.15) is 6.61 Å². The second-order valence-electron chi connectivity index (χ2n) is 7.66. The third-order valence-corrected chi connectivity index (χ3v) is 5.46. The molecule has 0 spiro atoms. The molecule has 4 heteroatoms. The smallest absolute Gasteiger partial charge is 0.244 e. The molecule has 1 saturated carbocycles. The summed E-state index contributed by atoms with van der Waals surface area (Å²) in [4.78, 5) is 12.3. The lowest BCUT2D eigenvalue weighted by molar-refractivity contribution is -0.117. The molecule has 1 aliphatic rings. The minimum absolute atomic E-state index is 0.0317. The minimum Gasteiger partial charge on any atom is -0.493 e. The molecular weight excluding hydrogens is 362 g/mol. The molecule has 0 heterocycles.